The van der Waals surface area contributed by atoms with Crippen molar-refractivity contribution in [3.05, 3.63) is 29.8 Å². The van der Waals surface area contributed by atoms with E-state index in [1.54, 1.807) is 6.07 Å². The van der Waals surface area contributed by atoms with E-state index in [1.807, 2.05) is 23.9 Å². The summed E-state index contributed by atoms with van der Waals surface area (Å²) in [7, 11) is 0. The van der Waals surface area contributed by atoms with Gasteiger partial charge in [-0.05, 0) is 49.3 Å². The topological polar surface area (TPSA) is 32.3 Å². The second kappa shape index (κ2) is 9.29. The van der Waals surface area contributed by atoms with Crippen LogP contribution in [-0.4, -0.2) is 29.2 Å². The van der Waals surface area contributed by atoms with Crippen LogP contribution in [0.3, 0.4) is 0 Å². The highest BCUT2D eigenvalue weighted by molar-refractivity contribution is 7.99. The van der Waals surface area contributed by atoms with Gasteiger partial charge in [0.15, 0.2) is 0 Å². The van der Waals surface area contributed by atoms with Crippen LogP contribution in [0.15, 0.2) is 24.3 Å². The molecule has 0 bridgehead atoms. The van der Waals surface area contributed by atoms with Crippen molar-refractivity contribution in [3.63, 3.8) is 0 Å². The molecule has 2 nitrogen and oxygen atoms in total. The Balaban J connectivity index is 2.48. The maximum Gasteiger partial charge on any atom is 0.115 e. The maximum atomic E-state index is 9.49. The van der Waals surface area contributed by atoms with Crippen molar-refractivity contribution in [1.29, 1.82) is 0 Å². The Morgan fingerprint density at radius 1 is 1.28 bits per heavy atom. The minimum Gasteiger partial charge on any atom is -0.508 e. The van der Waals surface area contributed by atoms with E-state index >= 15 is 0 Å². The summed E-state index contributed by atoms with van der Waals surface area (Å²) in [5.74, 6) is 2.73. The number of hydrogen-bond acceptors (Lipinski definition) is 3. The first-order chi connectivity index (χ1) is 8.76. The van der Waals surface area contributed by atoms with Gasteiger partial charge in [0.1, 0.15) is 5.75 Å². The number of nitrogens with one attached hydrogen (secondary N) is 1. The van der Waals surface area contributed by atoms with Gasteiger partial charge in [0.05, 0.1) is 0 Å². The Morgan fingerprint density at radius 3 is 2.78 bits per heavy atom. The molecule has 0 aliphatic rings. The van der Waals surface area contributed by atoms with Crippen LogP contribution >= 0.6 is 11.8 Å². The summed E-state index contributed by atoms with van der Waals surface area (Å²) in [4.78, 5) is 0. The molecule has 0 saturated carbocycles. The molecule has 0 amide bonds. The van der Waals surface area contributed by atoms with Gasteiger partial charge in [0, 0.05) is 11.8 Å². The summed E-state index contributed by atoms with van der Waals surface area (Å²) in [6, 6.07) is 8.10. The van der Waals surface area contributed by atoms with Crippen LogP contribution in [0.2, 0.25) is 0 Å². The van der Waals surface area contributed by atoms with Gasteiger partial charge in [-0.15, -0.1) is 0 Å². The molecule has 0 saturated heterocycles. The number of rotatable bonds is 9. The Labute approximate surface area is 115 Å². The van der Waals surface area contributed by atoms with E-state index in [-0.39, 0.29) is 0 Å². The fourth-order valence-electron chi connectivity index (χ4n) is 1.88. The molecule has 0 spiro atoms. The summed E-state index contributed by atoms with van der Waals surface area (Å²) in [5.41, 5.74) is 1.21. The van der Waals surface area contributed by atoms with Crippen LogP contribution in [0.25, 0.3) is 0 Å². The van der Waals surface area contributed by atoms with E-state index in [0.717, 1.165) is 25.1 Å². The molecule has 0 heterocycles. The molecule has 18 heavy (non-hydrogen) atoms. The molecule has 0 aliphatic heterocycles. The first-order valence-electron chi connectivity index (χ1n) is 6.85. The SMILES string of the molecule is CCCNC(CSCCC)Cc1cccc(O)c1. The summed E-state index contributed by atoms with van der Waals surface area (Å²) in [6.45, 7) is 5.48. The third kappa shape index (κ3) is 6.31. The number of phenols is 1. The molecule has 1 atom stereocenters. The van der Waals surface area contributed by atoms with Crippen molar-refractivity contribution < 1.29 is 5.11 Å². The lowest BCUT2D eigenvalue weighted by Gasteiger charge is -2.18. The Kier molecular flexibility index (Phi) is 7.94. The van der Waals surface area contributed by atoms with E-state index < -0.39 is 0 Å². The number of benzene rings is 1. The highest BCUT2D eigenvalue weighted by Crippen LogP contribution is 2.14. The Bertz CT molecular complexity index is 330. The maximum absolute atomic E-state index is 9.49. The molecule has 0 aliphatic carbocycles. The minimum atomic E-state index is 0.364. The van der Waals surface area contributed by atoms with E-state index in [4.69, 9.17) is 0 Å². The van der Waals surface area contributed by atoms with Crippen molar-refractivity contribution in [3.8, 4) is 5.75 Å². The first kappa shape index (κ1) is 15.4. The highest BCUT2D eigenvalue weighted by Gasteiger charge is 2.09. The van der Waals surface area contributed by atoms with E-state index in [0.29, 0.717) is 11.8 Å². The molecule has 1 aromatic rings. The van der Waals surface area contributed by atoms with Crippen molar-refractivity contribution in [1.82, 2.24) is 5.32 Å². The van der Waals surface area contributed by atoms with Crippen LogP contribution in [-0.2, 0) is 6.42 Å². The van der Waals surface area contributed by atoms with Gasteiger partial charge in [-0.25, -0.2) is 0 Å². The van der Waals surface area contributed by atoms with Gasteiger partial charge in [-0.1, -0.05) is 26.0 Å². The molecule has 3 heteroatoms. The zero-order valence-electron chi connectivity index (χ0n) is 11.5. The molecule has 102 valence electrons. The summed E-state index contributed by atoms with van der Waals surface area (Å²) in [5, 5.41) is 13.1. The molecule has 1 unspecified atom stereocenters. The summed E-state index contributed by atoms with van der Waals surface area (Å²) in [6.07, 6.45) is 3.39. The first-order valence-corrected chi connectivity index (χ1v) is 8.00. The predicted octanol–water partition coefficient (Wildman–Crippen LogP) is 3.45. The van der Waals surface area contributed by atoms with E-state index in [2.05, 4.69) is 25.2 Å². The molecular weight excluding hydrogens is 242 g/mol. The van der Waals surface area contributed by atoms with Gasteiger partial charge in [-0.2, -0.15) is 11.8 Å². The third-order valence-corrected chi connectivity index (χ3v) is 4.08. The summed E-state index contributed by atoms with van der Waals surface area (Å²) < 4.78 is 0. The second-order valence-electron chi connectivity index (χ2n) is 4.60. The highest BCUT2D eigenvalue weighted by atomic mass is 32.2. The molecule has 0 fully saturated rings. The molecule has 2 N–H and O–H groups in total. The van der Waals surface area contributed by atoms with Crippen molar-refractivity contribution >= 4 is 11.8 Å². The van der Waals surface area contributed by atoms with Crippen LogP contribution in [0.5, 0.6) is 5.75 Å². The zero-order chi connectivity index (χ0) is 13.2. The molecule has 1 aromatic carbocycles. The lowest BCUT2D eigenvalue weighted by molar-refractivity contribution is 0.473. The lowest BCUT2D eigenvalue weighted by atomic mass is 10.1. The largest absolute Gasteiger partial charge is 0.508 e. The van der Waals surface area contributed by atoms with Gasteiger partial charge in [-0.3, -0.25) is 0 Å². The van der Waals surface area contributed by atoms with Crippen molar-refractivity contribution in [2.45, 2.75) is 39.2 Å². The van der Waals surface area contributed by atoms with Crippen LogP contribution in [0.4, 0.5) is 0 Å². The van der Waals surface area contributed by atoms with E-state index in [9.17, 15) is 5.11 Å². The van der Waals surface area contributed by atoms with Crippen LogP contribution in [0.1, 0.15) is 32.3 Å². The molecule has 0 radical (unpaired) electrons. The van der Waals surface area contributed by atoms with Crippen LogP contribution in [0, 0.1) is 0 Å². The number of hydrogen-bond donors (Lipinski definition) is 2. The standard InChI is InChI=1S/C15H25NOS/c1-3-8-16-14(12-18-9-4-2)10-13-6-5-7-15(17)11-13/h5-7,11,14,16-17H,3-4,8-10,12H2,1-2H3. The second-order valence-corrected chi connectivity index (χ2v) is 5.75. The Morgan fingerprint density at radius 2 is 2.11 bits per heavy atom. The van der Waals surface area contributed by atoms with E-state index in [1.165, 1.54) is 17.7 Å². The average Bonchev–Trinajstić information content (AvgIpc) is 2.36. The fourth-order valence-corrected chi connectivity index (χ4v) is 2.85. The Hall–Kier alpha value is -0.670. The molecule has 1 rings (SSSR count). The fraction of sp³-hybridized carbons (Fsp3) is 0.600. The third-order valence-electron chi connectivity index (χ3n) is 2.74. The molecule has 0 aromatic heterocycles. The molecular formula is C15H25NOS. The van der Waals surface area contributed by atoms with Crippen molar-refractivity contribution in [2.75, 3.05) is 18.1 Å². The monoisotopic (exact) mass is 267 g/mol. The zero-order valence-corrected chi connectivity index (χ0v) is 12.3. The quantitative estimate of drug-likeness (QED) is 0.672. The van der Waals surface area contributed by atoms with Gasteiger partial charge < -0.3 is 10.4 Å². The predicted molar refractivity (Wildman–Crippen MR) is 81.5 cm³/mol. The number of phenolic OH excluding ortho intramolecular Hbond substituents is 1. The summed E-state index contributed by atoms with van der Waals surface area (Å²) >= 11 is 2.01. The lowest BCUT2D eigenvalue weighted by Crippen LogP contribution is -2.34. The van der Waals surface area contributed by atoms with Crippen LogP contribution < -0.4 is 5.32 Å². The van der Waals surface area contributed by atoms with Gasteiger partial charge >= 0.3 is 0 Å². The number of thioether (sulfide) groups is 1. The smallest absolute Gasteiger partial charge is 0.115 e. The van der Waals surface area contributed by atoms with Gasteiger partial charge in [0.25, 0.3) is 0 Å². The average molecular weight is 267 g/mol. The van der Waals surface area contributed by atoms with Gasteiger partial charge in [0.2, 0.25) is 0 Å². The van der Waals surface area contributed by atoms with Crippen molar-refractivity contribution in [2.24, 2.45) is 0 Å². The normalized spacial score (nSPS) is 12.6. The minimum absolute atomic E-state index is 0.364. The number of aromatic hydroxyl groups is 1.